The standard InChI is InChI=1S/C11H16N2O2S/c14-10(15)9-8-16-11(12-9)13-6-4-2-1-3-5-7-13/h8H,1-7H2,(H,14,15). The van der Waals surface area contributed by atoms with Crippen LogP contribution in [0.4, 0.5) is 5.13 Å². The predicted octanol–water partition coefficient (Wildman–Crippen LogP) is 2.61. The van der Waals surface area contributed by atoms with Crippen molar-refractivity contribution in [1.29, 1.82) is 0 Å². The summed E-state index contributed by atoms with van der Waals surface area (Å²) in [5.41, 5.74) is 0.169. The average molecular weight is 240 g/mol. The van der Waals surface area contributed by atoms with Gasteiger partial charge in [0.25, 0.3) is 0 Å². The van der Waals surface area contributed by atoms with Gasteiger partial charge in [0.05, 0.1) is 0 Å². The van der Waals surface area contributed by atoms with E-state index in [1.54, 1.807) is 5.38 Å². The number of hydrogen-bond acceptors (Lipinski definition) is 4. The summed E-state index contributed by atoms with van der Waals surface area (Å²) in [4.78, 5) is 17.1. The Morgan fingerprint density at radius 3 is 2.44 bits per heavy atom. The first-order chi connectivity index (χ1) is 7.77. The van der Waals surface area contributed by atoms with Gasteiger partial charge in [-0.3, -0.25) is 0 Å². The molecule has 2 rings (SSSR count). The average Bonchev–Trinajstić information content (AvgIpc) is 2.66. The predicted molar refractivity (Wildman–Crippen MR) is 64.4 cm³/mol. The Balaban J connectivity index is 2.05. The second kappa shape index (κ2) is 5.30. The molecule has 1 aromatic rings. The lowest BCUT2D eigenvalue weighted by Gasteiger charge is -2.23. The van der Waals surface area contributed by atoms with Gasteiger partial charge in [0, 0.05) is 18.5 Å². The Hall–Kier alpha value is -1.10. The third kappa shape index (κ3) is 2.72. The van der Waals surface area contributed by atoms with Gasteiger partial charge in [-0.05, 0) is 12.8 Å². The van der Waals surface area contributed by atoms with Crippen molar-refractivity contribution in [2.24, 2.45) is 0 Å². The number of carbonyl (C=O) groups is 1. The number of rotatable bonds is 2. The van der Waals surface area contributed by atoms with E-state index in [4.69, 9.17) is 5.11 Å². The van der Waals surface area contributed by atoms with Crippen LogP contribution in [0.25, 0.3) is 0 Å². The summed E-state index contributed by atoms with van der Waals surface area (Å²) in [5.74, 6) is -0.936. The molecule has 1 aliphatic rings. The second-order valence-corrected chi connectivity index (χ2v) is 4.91. The highest BCUT2D eigenvalue weighted by Gasteiger charge is 2.15. The molecule has 2 heterocycles. The number of anilines is 1. The molecule has 0 spiro atoms. The van der Waals surface area contributed by atoms with E-state index >= 15 is 0 Å². The smallest absolute Gasteiger partial charge is 0.355 e. The van der Waals surface area contributed by atoms with Crippen LogP contribution in [-0.4, -0.2) is 29.1 Å². The normalized spacial score (nSPS) is 17.9. The Kier molecular flexibility index (Phi) is 3.77. The Labute approximate surface area is 98.9 Å². The van der Waals surface area contributed by atoms with Crippen molar-refractivity contribution >= 4 is 22.4 Å². The maximum Gasteiger partial charge on any atom is 0.355 e. The second-order valence-electron chi connectivity index (χ2n) is 4.08. The van der Waals surface area contributed by atoms with E-state index in [2.05, 4.69) is 9.88 Å². The molecule has 0 unspecified atom stereocenters. The van der Waals surface area contributed by atoms with Crippen LogP contribution in [0.15, 0.2) is 5.38 Å². The van der Waals surface area contributed by atoms with Crippen LogP contribution in [0.3, 0.4) is 0 Å². The fourth-order valence-corrected chi connectivity index (χ4v) is 2.80. The first-order valence-electron chi connectivity index (χ1n) is 5.71. The molecule has 5 heteroatoms. The van der Waals surface area contributed by atoms with Gasteiger partial charge in [-0.1, -0.05) is 19.3 Å². The molecular weight excluding hydrogens is 224 g/mol. The number of carboxylic acids is 1. The molecule has 0 atom stereocenters. The molecule has 0 bridgehead atoms. The molecule has 0 radical (unpaired) electrons. The quantitative estimate of drug-likeness (QED) is 0.863. The van der Waals surface area contributed by atoms with Gasteiger partial charge >= 0.3 is 5.97 Å². The highest BCUT2D eigenvalue weighted by atomic mass is 32.1. The number of hydrogen-bond donors (Lipinski definition) is 1. The Morgan fingerprint density at radius 1 is 1.25 bits per heavy atom. The van der Waals surface area contributed by atoms with Gasteiger partial charge in [-0.15, -0.1) is 11.3 Å². The van der Waals surface area contributed by atoms with Gasteiger partial charge in [0.2, 0.25) is 0 Å². The van der Waals surface area contributed by atoms with Crippen molar-refractivity contribution in [3.8, 4) is 0 Å². The third-order valence-electron chi connectivity index (χ3n) is 2.84. The van der Waals surface area contributed by atoms with Crippen molar-refractivity contribution in [2.45, 2.75) is 32.1 Å². The summed E-state index contributed by atoms with van der Waals surface area (Å²) in [6, 6.07) is 0. The molecule has 1 aromatic heterocycles. The van der Waals surface area contributed by atoms with E-state index < -0.39 is 5.97 Å². The minimum absolute atomic E-state index is 0.169. The van der Waals surface area contributed by atoms with Gasteiger partial charge in [-0.2, -0.15) is 0 Å². The fraction of sp³-hybridized carbons (Fsp3) is 0.636. The largest absolute Gasteiger partial charge is 0.476 e. The number of thiazole rings is 1. The lowest BCUT2D eigenvalue weighted by atomic mass is 10.1. The Morgan fingerprint density at radius 2 is 1.88 bits per heavy atom. The van der Waals surface area contributed by atoms with Crippen molar-refractivity contribution in [1.82, 2.24) is 4.98 Å². The van der Waals surface area contributed by atoms with Crippen LogP contribution in [0.5, 0.6) is 0 Å². The molecule has 1 saturated heterocycles. The van der Waals surface area contributed by atoms with E-state index in [-0.39, 0.29) is 5.69 Å². The molecule has 0 aliphatic carbocycles. The Bertz CT molecular complexity index is 357. The van der Waals surface area contributed by atoms with E-state index in [9.17, 15) is 4.79 Å². The molecule has 16 heavy (non-hydrogen) atoms. The van der Waals surface area contributed by atoms with Gasteiger partial charge in [-0.25, -0.2) is 9.78 Å². The van der Waals surface area contributed by atoms with Crippen LogP contribution in [0.2, 0.25) is 0 Å². The molecular formula is C11H16N2O2S. The molecule has 0 saturated carbocycles. The highest BCUT2D eigenvalue weighted by molar-refractivity contribution is 7.13. The van der Waals surface area contributed by atoms with Crippen LogP contribution in [0.1, 0.15) is 42.6 Å². The summed E-state index contributed by atoms with van der Waals surface area (Å²) >= 11 is 1.43. The number of carboxylic acid groups (broad SMARTS) is 1. The van der Waals surface area contributed by atoms with Crippen LogP contribution in [-0.2, 0) is 0 Å². The minimum atomic E-state index is -0.936. The van der Waals surface area contributed by atoms with Crippen LogP contribution in [0, 0.1) is 0 Å². The van der Waals surface area contributed by atoms with E-state index in [0.717, 1.165) is 18.2 Å². The molecule has 1 aliphatic heterocycles. The van der Waals surface area contributed by atoms with Crippen LogP contribution < -0.4 is 4.90 Å². The van der Waals surface area contributed by atoms with E-state index in [0.29, 0.717) is 0 Å². The van der Waals surface area contributed by atoms with E-state index in [1.165, 1.54) is 43.4 Å². The number of aromatic nitrogens is 1. The molecule has 0 aromatic carbocycles. The van der Waals surface area contributed by atoms with Gasteiger partial charge in [0.1, 0.15) is 0 Å². The van der Waals surface area contributed by atoms with Crippen molar-refractivity contribution in [3.63, 3.8) is 0 Å². The zero-order chi connectivity index (χ0) is 11.4. The maximum atomic E-state index is 10.7. The first-order valence-corrected chi connectivity index (χ1v) is 6.59. The van der Waals surface area contributed by atoms with E-state index in [1.807, 2.05) is 0 Å². The fourth-order valence-electron chi connectivity index (χ4n) is 1.95. The van der Waals surface area contributed by atoms with Crippen molar-refractivity contribution in [2.75, 3.05) is 18.0 Å². The zero-order valence-electron chi connectivity index (χ0n) is 9.19. The summed E-state index contributed by atoms with van der Waals surface area (Å²) in [6.45, 7) is 2.01. The molecule has 4 nitrogen and oxygen atoms in total. The summed E-state index contributed by atoms with van der Waals surface area (Å²) < 4.78 is 0. The monoisotopic (exact) mass is 240 g/mol. The van der Waals surface area contributed by atoms with Gasteiger partial charge in [0.15, 0.2) is 10.8 Å². The zero-order valence-corrected chi connectivity index (χ0v) is 10.0. The van der Waals surface area contributed by atoms with Crippen molar-refractivity contribution in [3.05, 3.63) is 11.1 Å². The highest BCUT2D eigenvalue weighted by Crippen LogP contribution is 2.23. The van der Waals surface area contributed by atoms with Gasteiger partial charge < -0.3 is 10.0 Å². The molecule has 0 amide bonds. The minimum Gasteiger partial charge on any atom is -0.476 e. The molecule has 1 N–H and O–H groups in total. The summed E-state index contributed by atoms with van der Waals surface area (Å²) in [5, 5.41) is 11.3. The lowest BCUT2D eigenvalue weighted by Crippen LogP contribution is -2.26. The molecule has 1 fully saturated rings. The number of nitrogens with zero attached hydrogens (tertiary/aromatic N) is 2. The number of aromatic carboxylic acids is 1. The van der Waals surface area contributed by atoms with Crippen molar-refractivity contribution < 1.29 is 9.90 Å². The maximum absolute atomic E-state index is 10.7. The lowest BCUT2D eigenvalue weighted by molar-refractivity contribution is 0.0691. The summed E-state index contributed by atoms with van der Waals surface area (Å²) in [6.07, 6.45) is 6.23. The summed E-state index contributed by atoms with van der Waals surface area (Å²) in [7, 11) is 0. The molecule has 88 valence electrons. The topological polar surface area (TPSA) is 53.4 Å². The SMILES string of the molecule is O=C(O)c1csc(N2CCCCCCC2)n1. The third-order valence-corrected chi connectivity index (χ3v) is 3.74. The first kappa shape index (κ1) is 11.4. The van der Waals surface area contributed by atoms with Crippen LogP contribution >= 0.6 is 11.3 Å².